The van der Waals surface area contributed by atoms with Crippen LogP contribution in [0.2, 0.25) is 0 Å². The molecule has 0 bridgehead atoms. The van der Waals surface area contributed by atoms with Crippen molar-refractivity contribution in [2.45, 2.75) is 11.4 Å². The minimum Gasteiger partial charge on any atom is -0.477 e. The molecule has 9 heteroatoms. The van der Waals surface area contributed by atoms with Gasteiger partial charge in [-0.15, -0.1) is 11.3 Å². The quantitative estimate of drug-likeness (QED) is 0.879. The molecular weight excluding hydrogens is 324 g/mol. The molecule has 0 saturated carbocycles. The number of benzene rings is 1. The smallest absolute Gasteiger partial charge is 0.345 e. The Morgan fingerprint density at radius 1 is 1.24 bits per heavy atom. The summed E-state index contributed by atoms with van der Waals surface area (Å²) >= 11 is 0.782. The molecule has 0 fully saturated rings. The summed E-state index contributed by atoms with van der Waals surface area (Å²) in [5.74, 6) is -3.32. The van der Waals surface area contributed by atoms with Crippen molar-refractivity contribution in [3.63, 3.8) is 0 Å². The molecule has 0 aliphatic rings. The summed E-state index contributed by atoms with van der Waals surface area (Å²) in [6, 6.07) is 4.05. The Hall–Kier alpha value is -1.84. The molecule has 0 amide bonds. The fourth-order valence-electron chi connectivity index (χ4n) is 1.48. The van der Waals surface area contributed by atoms with E-state index >= 15 is 0 Å². The van der Waals surface area contributed by atoms with Gasteiger partial charge in [0.2, 0.25) is 10.0 Å². The second-order valence-corrected chi connectivity index (χ2v) is 6.70. The average Bonchev–Trinajstić information content (AvgIpc) is 2.91. The van der Waals surface area contributed by atoms with Gasteiger partial charge in [0.1, 0.15) is 4.88 Å². The van der Waals surface area contributed by atoms with E-state index in [9.17, 15) is 22.0 Å². The van der Waals surface area contributed by atoms with Gasteiger partial charge in [0.05, 0.1) is 4.90 Å². The van der Waals surface area contributed by atoms with E-state index < -0.39 is 27.6 Å². The summed E-state index contributed by atoms with van der Waals surface area (Å²) in [6.07, 6.45) is 0. The van der Waals surface area contributed by atoms with Crippen molar-refractivity contribution in [2.75, 3.05) is 0 Å². The van der Waals surface area contributed by atoms with Crippen LogP contribution in [-0.2, 0) is 16.6 Å². The normalized spacial score (nSPS) is 11.5. The van der Waals surface area contributed by atoms with Crippen LogP contribution in [0.15, 0.2) is 34.5 Å². The van der Waals surface area contributed by atoms with E-state index in [0.717, 1.165) is 29.5 Å². The van der Waals surface area contributed by atoms with Gasteiger partial charge in [-0.1, -0.05) is 6.07 Å². The molecule has 0 radical (unpaired) electrons. The Morgan fingerprint density at radius 2 is 1.95 bits per heavy atom. The van der Waals surface area contributed by atoms with Crippen molar-refractivity contribution in [3.05, 3.63) is 51.7 Å². The van der Waals surface area contributed by atoms with E-state index in [2.05, 4.69) is 4.72 Å². The van der Waals surface area contributed by atoms with Gasteiger partial charge in [0.25, 0.3) is 0 Å². The molecule has 0 spiro atoms. The van der Waals surface area contributed by atoms with E-state index in [1.807, 2.05) is 0 Å². The summed E-state index contributed by atoms with van der Waals surface area (Å²) in [5.41, 5.74) is 0.242. The Kier molecular flexibility index (Phi) is 4.35. The van der Waals surface area contributed by atoms with Crippen molar-refractivity contribution < 1.29 is 27.1 Å². The molecule has 2 aromatic rings. The van der Waals surface area contributed by atoms with Crippen molar-refractivity contribution >= 4 is 27.3 Å². The first-order valence-corrected chi connectivity index (χ1v) is 7.91. The summed E-state index contributed by atoms with van der Waals surface area (Å²) in [7, 11) is -3.91. The van der Waals surface area contributed by atoms with Gasteiger partial charge >= 0.3 is 5.97 Å². The average molecular weight is 333 g/mol. The highest BCUT2D eigenvalue weighted by Crippen LogP contribution is 2.19. The molecule has 21 heavy (non-hydrogen) atoms. The lowest BCUT2D eigenvalue weighted by Gasteiger charge is -2.05. The number of rotatable bonds is 5. The molecular formula is C12H9F2NO4S2. The maximum absolute atomic E-state index is 13.0. The molecule has 2 N–H and O–H groups in total. The molecule has 1 aromatic carbocycles. The number of hydrogen-bond donors (Lipinski definition) is 2. The van der Waals surface area contributed by atoms with Gasteiger partial charge in [-0.25, -0.2) is 26.7 Å². The summed E-state index contributed by atoms with van der Waals surface area (Å²) in [5, 5.41) is 9.94. The third kappa shape index (κ3) is 3.63. The van der Waals surface area contributed by atoms with Crippen LogP contribution in [0.25, 0.3) is 0 Å². The standard InChI is InChI=1S/C12H9F2NO4S2/c13-9-2-1-7(3-10(9)14)5-15-21(18,19)8-4-11(12(16)17)20-6-8/h1-4,6,15H,5H2,(H,16,17). The van der Waals surface area contributed by atoms with Crippen LogP contribution in [0.4, 0.5) is 8.78 Å². The van der Waals surface area contributed by atoms with Crippen LogP contribution in [0.5, 0.6) is 0 Å². The third-order valence-electron chi connectivity index (χ3n) is 2.55. The number of nitrogens with one attached hydrogen (secondary N) is 1. The van der Waals surface area contributed by atoms with Crippen molar-refractivity contribution in [2.24, 2.45) is 0 Å². The van der Waals surface area contributed by atoms with Crippen molar-refractivity contribution in [1.29, 1.82) is 0 Å². The summed E-state index contributed by atoms with van der Waals surface area (Å²) < 4.78 is 51.8. The predicted molar refractivity (Wildman–Crippen MR) is 71.7 cm³/mol. The molecule has 1 heterocycles. The van der Waals surface area contributed by atoms with Crippen LogP contribution in [0, 0.1) is 11.6 Å². The van der Waals surface area contributed by atoms with Gasteiger partial charge in [-0.3, -0.25) is 0 Å². The Morgan fingerprint density at radius 3 is 2.52 bits per heavy atom. The minimum absolute atomic E-state index is 0.108. The van der Waals surface area contributed by atoms with Crippen LogP contribution in [0.1, 0.15) is 15.2 Å². The van der Waals surface area contributed by atoms with E-state index in [4.69, 9.17) is 5.11 Å². The van der Waals surface area contributed by atoms with Crippen molar-refractivity contribution in [1.82, 2.24) is 4.72 Å². The first-order chi connectivity index (χ1) is 9.79. The fourth-order valence-corrected chi connectivity index (χ4v) is 3.61. The predicted octanol–water partition coefficient (Wildman–Crippen LogP) is 2.20. The second kappa shape index (κ2) is 5.88. The summed E-state index contributed by atoms with van der Waals surface area (Å²) in [6.45, 7) is -0.238. The molecule has 0 aliphatic carbocycles. The SMILES string of the molecule is O=C(O)c1cc(S(=O)(=O)NCc2ccc(F)c(F)c2)cs1. The minimum atomic E-state index is -3.91. The van der Waals surface area contributed by atoms with Crippen molar-refractivity contribution in [3.8, 4) is 0 Å². The Balaban J connectivity index is 2.13. The highest BCUT2D eigenvalue weighted by atomic mass is 32.2. The number of thiophene rings is 1. The Labute approximate surface area is 122 Å². The third-order valence-corrected chi connectivity index (χ3v) is 4.99. The fraction of sp³-hybridized carbons (Fsp3) is 0.0833. The molecule has 0 atom stereocenters. The van der Waals surface area contributed by atoms with Gasteiger partial charge in [0.15, 0.2) is 11.6 Å². The zero-order valence-electron chi connectivity index (χ0n) is 10.3. The van der Waals surface area contributed by atoms with Crippen LogP contribution in [-0.4, -0.2) is 19.5 Å². The molecule has 1 aromatic heterocycles. The molecule has 5 nitrogen and oxygen atoms in total. The highest BCUT2D eigenvalue weighted by Gasteiger charge is 2.18. The molecule has 0 unspecified atom stereocenters. The second-order valence-electron chi connectivity index (χ2n) is 4.02. The van der Waals surface area contributed by atoms with Gasteiger partial charge < -0.3 is 5.11 Å². The van der Waals surface area contributed by atoms with Gasteiger partial charge in [-0.2, -0.15) is 0 Å². The van der Waals surface area contributed by atoms with E-state index in [-0.39, 0.29) is 21.9 Å². The van der Waals surface area contributed by atoms with Gasteiger partial charge in [-0.05, 0) is 23.8 Å². The maximum Gasteiger partial charge on any atom is 0.345 e. The number of sulfonamides is 1. The number of carboxylic acids is 1. The number of hydrogen-bond acceptors (Lipinski definition) is 4. The largest absolute Gasteiger partial charge is 0.477 e. The molecule has 0 saturated heterocycles. The number of halogens is 2. The first kappa shape index (κ1) is 15.5. The van der Waals surface area contributed by atoms with E-state index in [1.54, 1.807) is 0 Å². The lowest BCUT2D eigenvalue weighted by Crippen LogP contribution is -2.22. The van der Waals surface area contributed by atoms with Crippen LogP contribution < -0.4 is 4.72 Å². The first-order valence-electron chi connectivity index (χ1n) is 5.55. The zero-order chi connectivity index (χ0) is 15.6. The molecule has 112 valence electrons. The zero-order valence-corrected chi connectivity index (χ0v) is 12.0. The Bertz CT molecular complexity index is 786. The van der Waals surface area contributed by atoms with Gasteiger partial charge in [0, 0.05) is 11.9 Å². The van der Waals surface area contributed by atoms with E-state index in [1.165, 1.54) is 11.4 Å². The van der Waals surface area contributed by atoms with Crippen LogP contribution >= 0.6 is 11.3 Å². The lowest BCUT2D eigenvalue weighted by atomic mass is 10.2. The maximum atomic E-state index is 13.0. The number of carboxylic acid groups (broad SMARTS) is 1. The summed E-state index contributed by atoms with van der Waals surface area (Å²) in [4.78, 5) is 10.4. The number of aromatic carboxylic acids is 1. The van der Waals surface area contributed by atoms with E-state index in [0.29, 0.717) is 0 Å². The lowest BCUT2D eigenvalue weighted by molar-refractivity contribution is 0.0702. The topological polar surface area (TPSA) is 83.5 Å². The molecule has 0 aliphatic heterocycles. The number of carbonyl (C=O) groups is 1. The highest BCUT2D eigenvalue weighted by molar-refractivity contribution is 7.89. The monoisotopic (exact) mass is 333 g/mol. The molecule has 2 rings (SSSR count). The van der Waals surface area contributed by atoms with Crippen LogP contribution in [0.3, 0.4) is 0 Å².